The first kappa shape index (κ1) is 16.6. The Bertz CT molecular complexity index is 482. The molecule has 0 aromatic carbocycles. The van der Waals surface area contributed by atoms with Crippen LogP contribution in [0.25, 0.3) is 0 Å². The van der Waals surface area contributed by atoms with Crippen LogP contribution in [0.2, 0.25) is 0 Å². The van der Waals surface area contributed by atoms with Gasteiger partial charge in [-0.15, -0.1) is 11.3 Å². The summed E-state index contributed by atoms with van der Waals surface area (Å²) in [6, 6.07) is 1.68. The van der Waals surface area contributed by atoms with Gasteiger partial charge in [0.25, 0.3) is 10.0 Å². The number of aryl methyl sites for hydroxylation is 1. The van der Waals surface area contributed by atoms with Crippen LogP contribution in [0.4, 0.5) is 0 Å². The molecule has 0 saturated carbocycles. The van der Waals surface area contributed by atoms with Crippen LogP contribution >= 0.6 is 43.2 Å². The van der Waals surface area contributed by atoms with E-state index in [4.69, 9.17) is 4.74 Å². The first-order valence-corrected chi connectivity index (χ1v) is 9.10. The molecule has 1 aromatic heterocycles. The van der Waals surface area contributed by atoms with Crippen LogP contribution in [-0.4, -0.2) is 44.9 Å². The van der Waals surface area contributed by atoms with Crippen molar-refractivity contribution in [2.75, 3.05) is 27.3 Å². The second kappa shape index (κ2) is 6.81. The fraction of sp³-hybridized carbons (Fsp3) is 0.600. The lowest BCUT2D eigenvalue weighted by Gasteiger charge is -2.19. The number of hydrogen-bond donors (Lipinski definition) is 0. The molecule has 8 heteroatoms. The summed E-state index contributed by atoms with van der Waals surface area (Å²) in [6.07, 6.45) is 0. The molecule has 18 heavy (non-hydrogen) atoms. The lowest BCUT2D eigenvalue weighted by atomic mass is 10.4. The molecular weight excluding hydrogens is 406 g/mol. The van der Waals surface area contributed by atoms with Gasteiger partial charge >= 0.3 is 0 Å². The van der Waals surface area contributed by atoms with Gasteiger partial charge in [0, 0.05) is 20.7 Å². The topological polar surface area (TPSA) is 46.6 Å². The molecule has 104 valence electrons. The molecule has 0 N–H and O–H groups in total. The highest BCUT2D eigenvalue weighted by Gasteiger charge is 2.25. The van der Waals surface area contributed by atoms with Crippen molar-refractivity contribution in [3.05, 3.63) is 15.4 Å². The van der Waals surface area contributed by atoms with E-state index in [2.05, 4.69) is 31.9 Å². The molecule has 1 aromatic rings. The maximum atomic E-state index is 12.3. The van der Waals surface area contributed by atoms with E-state index in [9.17, 15) is 8.42 Å². The Morgan fingerprint density at radius 3 is 2.61 bits per heavy atom. The Kier molecular flexibility index (Phi) is 6.27. The zero-order chi connectivity index (χ0) is 13.9. The fourth-order valence-corrected chi connectivity index (χ4v) is 5.87. The maximum Gasteiger partial charge on any atom is 0.252 e. The number of rotatable bonds is 6. The number of alkyl halides is 1. The van der Waals surface area contributed by atoms with E-state index in [-0.39, 0.29) is 4.83 Å². The molecule has 0 aliphatic carbocycles. The van der Waals surface area contributed by atoms with Gasteiger partial charge in [-0.25, -0.2) is 8.42 Å². The summed E-state index contributed by atoms with van der Waals surface area (Å²) in [5.74, 6) is 0. The summed E-state index contributed by atoms with van der Waals surface area (Å²) < 4.78 is 32.1. The monoisotopic (exact) mass is 419 g/mol. The second-order valence-corrected chi connectivity index (χ2v) is 9.80. The lowest BCUT2D eigenvalue weighted by Crippen LogP contribution is -2.33. The predicted octanol–water partition coefficient (Wildman–Crippen LogP) is 2.85. The van der Waals surface area contributed by atoms with E-state index in [1.54, 1.807) is 20.2 Å². The molecule has 0 radical (unpaired) electrons. The van der Waals surface area contributed by atoms with Gasteiger partial charge in [-0.2, -0.15) is 4.31 Å². The van der Waals surface area contributed by atoms with Crippen LogP contribution < -0.4 is 0 Å². The minimum atomic E-state index is -3.42. The first-order valence-electron chi connectivity index (χ1n) is 5.14. The van der Waals surface area contributed by atoms with Crippen molar-refractivity contribution in [3.63, 3.8) is 0 Å². The average Bonchev–Trinajstić information content (AvgIpc) is 2.60. The number of ether oxygens (including phenoxy) is 1. The van der Waals surface area contributed by atoms with Crippen molar-refractivity contribution in [2.24, 2.45) is 0 Å². The molecule has 0 bridgehead atoms. The molecule has 0 fully saturated rings. The van der Waals surface area contributed by atoms with Crippen molar-refractivity contribution in [2.45, 2.75) is 16.0 Å². The number of sulfonamides is 1. The van der Waals surface area contributed by atoms with Gasteiger partial charge in [0.15, 0.2) is 0 Å². The zero-order valence-electron chi connectivity index (χ0n) is 10.3. The van der Waals surface area contributed by atoms with Crippen LogP contribution in [0.5, 0.6) is 0 Å². The third-order valence-corrected chi connectivity index (χ3v) is 7.26. The highest BCUT2D eigenvalue weighted by atomic mass is 79.9. The van der Waals surface area contributed by atoms with Gasteiger partial charge in [0.1, 0.15) is 4.21 Å². The highest BCUT2D eigenvalue weighted by molar-refractivity contribution is 9.11. The summed E-state index contributed by atoms with van der Waals surface area (Å²) in [6.45, 7) is 2.70. The van der Waals surface area contributed by atoms with Gasteiger partial charge in [-0.1, -0.05) is 15.9 Å². The fourth-order valence-electron chi connectivity index (χ4n) is 1.32. The number of nitrogens with zero attached hydrogens (tertiary/aromatic N) is 1. The Balaban J connectivity index is 2.86. The van der Waals surface area contributed by atoms with Gasteiger partial charge in [0.2, 0.25) is 0 Å². The lowest BCUT2D eigenvalue weighted by molar-refractivity contribution is 0.195. The van der Waals surface area contributed by atoms with Crippen LogP contribution in [-0.2, 0) is 14.8 Å². The summed E-state index contributed by atoms with van der Waals surface area (Å²) in [5.41, 5.74) is 0.930. The second-order valence-electron chi connectivity index (χ2n) is 3.86. The van der Waals surface area contributed by atoms with Crippen molar-refractivity contribution in [1.29, 1.82) is 0 Å². The summed E-state index contributed by atoms with van der Waals surface area (Å²) in [4.78, 5) is -0.0215. The van der Waals surface area contributed by atoms with E-state index in [1.807, 2.05) is 6.92 Å². The van der Waals surface area contributed by atoms with Crippen LogP contribution in [0.3, 0.4) is 0 Å². The minimum Gasteiger partial charge on any atom is -0.383 e. The average molecular weight is 421 g/mol. The molecule has 1 atom stereocenters. The molecule has 1 rings (SSSR count). The SMILES string of the molecule is COCC(Br)CN(C)S(=O)(=O)c1cc(C)c(Br)s1. The van der Waals surface area contributed by atoms with E-state index in [1.165, 1.54) is 15.6 Å². The summed E-state index contributed by atoms with van der Waals surface area (Å²) in [7, 11) is -0.260. The Hall–Kier alpha value is 0.530. The third kappa shape index (κ3) is 4.01. The maximum absolute atomic E-state index is 12.3. The predicted molar refractivity (Wildman–Crippen MR) is 81.2 cm³/mol. The van der Waals surface area contributed by atoms with Crippen LogP contribution in [0.15, 0.2) is 14.1 Å². The molecule has 1 unspecified atom stereocenters. The number of hydrogen-bond acceptors (Lipinski definition) is 4. The third-order valence-electron chi connectivity index (χ3n) is 2.30. The number of thiophene rings is 1. The largest absolute Gasteiger partial charge is 0.383 e. The Labute approximate surface area is 129 Å². The van der Waals surface area contributed by atoms with Gasteiger partial charge in [-0.3, -0.25) is 0 Å². The highest BCUT2D eigenvalue weighted by Crippen LogP contribution is 2.32. The molecular formula is C10H15Br2NO3S2. The zero-order valence-corrected chi connectivity index (χ0v) is 15.1. The van der Waals surface area contributed by atoms with E-state index < -0.39 is 10.0 Å². The van der Waals surface area contributed by atoms with Crippen molar-refractivity contribution in [1.82, 2.24) is 4.31 Å². The normalized spacial score (nSPS) is 14.1. The molecule has 0 spiro atoms. The molecule has 0 saturated heterocycles. The standard InChI is InChI=1S/C10H15Br2NO3S2/c1-7-4-9(17-10(7)12)18(14,15)13(2)5-8(11)6-16-3/h4,8H,5-6H2,1-3H3. The minimum absolute atomic E-state index is 0.0215. The molecule has 1 heterocycles. The quantitative estimate of drug-likeness (QED) is 0.664. The van der Waals surface area contributed by atoms with E-state index >= 15 is 0 Å². The van der Waals surface area contributed by atoms with Gasteiger partial charge in [-0.05, 0) is 34.5 Å². The smallest absolute Gasteiger partial charge is 0.252 e. The number of halogens is 2. The summed E-state index contributed by atoms with van der Waals surface area (Å²) in [5, 5.41) is 0. The van der Waals surface area contributed by atoms with Crippen LogP contribution in [0.1, 0.15) is 5.56 Å². The first-order chi connectivity index (χ1) is 8.28. The van der Waals surface area contributed by atoms with Crippen molar-refractivity contribution < 1.29 is 13.2 Å². The van der Waals surface area contributed by atoms with Gasteiger partial charge in [0.05, 0.1) is 15.2 Å². The molecule has 4 nitrogen and oxygen atoms in total. The molecule has 0 aliphatic heterocycles. The summed E-state index contributed by atoms with van der Waals surface area (Å²) >= 11 is 7.96. The molecule has 0 amide bonds. The van der Waals surface area contributed by atoms with E-state index in [0.29, 0.717) is 17.4 Å². The Morgan fingerprint density at radius 2 is 2.17 bits per heavy atom. The van der Waals surface area contributed by atoms with Crippen LogP contribution in [0, 0.1) is 6.92 Å². The molecule has 0 aliphatic rings. The number of methoxy groups -OCH3 is 1. The van der Waals surface area contributed by atoms with Gasteiger partial charge < -0.3 is 4.74 Å². The Morgan fingerprint density at radius 1 is 1.56 bits per heavy atom. The van der Waals surface area contributed by atoms with Crippen molar-refractivity contribution in [3.8, 4) is 0 Å². The van der Waals surface area contributed by atoms with E-state index in [0.717, 1.165) is 9.35 Å². The van der Waals surface area contributed by atoms with Crippen molar-refractivity contribution >= 4 is 53.2 Å².